The number of benzene rings is 2. The second-order valence-electron chi connectivity index (χ2n) is 4.71. The van der Waals surface area contributed by atoms with Gasteiger partial charge in [-0.2, -0.15) is 0 Å². The molecule has 2 aromatic rings. The molecule has 5 heteroatoms. The minimum absolute atomic E-state index is 0.0404. The van der Waals surface area contributed by atoms with Crippen LogP contribution in [-0.2, 0) is 9.53 Å². The van der Waals surface area contributed by atoms with Gasteiger partial charge in [-0.3, -0.25) is 0 Å². The Morgan fingerprint density at radius 3 is 2.67 bits per heavy atom. The normalized spacial score (nSPS) is 11.8. The molecule has 1 unspecified atom stereocenters. The Bertz CT molecular complexity index is 637. The molecular weight excluding hydrogens is 273 g/mol. The van der Waals surface area contributed by atoms with E-state index in [-0.39, 0.29) is 5.75 Å². The lowest BCUT2D eigenvalue weighted by Gasteiger charge is -2.18. The van der Waals surface area contributed by atoms with Crippen LogP contribution < -0.4 is 5.32 Å². The van der Waals surface area contributed by atoms with Crippen LogP contribution in [0.3, 0.4) is 0 Å². The third-order valence-electron chi connectivity index (χ3n) is 2.99. The van der Waals surface area contributed by atoms with Crippen molar-refractivity contribution in [3.05, 3.63) is 59.4 Å². The van der Waals surface area contributed by atoms with E-state index >= 15 is 0 Å². The molecule has 0 spiro atoms. The molecule has 1 atom stereocenters. The molecule has 4 nitrogen and oxygen atoms in total. The summed E-state index contributed by atoms with van der Waals surface area (Å²) >= 11 is 0. The molecule has 0 aliphatic carbocycles. The molecule has 0 radical (unpaired) electrons. The number of anilines is 1. The van der Waals surface area contributed by atoms with Crippen LogP contribution in [0.1, 0.15) is 17.2 Å². The van der Waals surface area contributed by atoms with Crippen LogP contribution in [0.15, 0.2) is 42.5 Å². The van der Waals surface area contributed by atoms with Gasteiger partial charge >= 0.3 is 5.97 Å². The SMILES string of the molecule is COC(=O)C(Nc1cc(C)cc(F)c1)c1cccc(O)c1. The number of phenolic OH excluding ortho intramolecular Hbond substituents is 1. The maximum Gasteiger partial charge on any atom is 0.332 e. The first-order valence-corrected chi connectivity index (χ1v) is 6.40. The van der Waals surface area contributed by atoms with Crippen LogP contribution in [0.25, 0.3) is 0 Å². The van der Waals surface area contributed by atoms with Gasteiger partial charge in [0.25, 0.3) is 0 Å². The van der Waals surface area contributed by atoms with E-state index in [9.17, 15) is 14.3 Å². The fourth-order valence-corrected chi connectivity index (χ4v) is 2.09. The fraction of sp³-hybridized carbons (Fsp3) is 0.188. The monoisotopic (exact) mass is 289 g/mol. The predicted molar refractivity (Wildman–Crippen MR) is 77.6 cm³/mol. The van der Waals surface area contributed by atoms with Crippen molar-refractivity contribution in [2.45, 2.75) is 13.0 Å². The first-order valence-electron chi connectivity index (χ1n) is 6.40. The van der Waals surface area contributed by atoms with Crippen LogP contribution in [0.4, 0.5) is 10.1 Å². The summed E-state index contributed by atoms with van der Waals surface area (Å²) in [6, 6.07) is 9.85. The Balaban J connectivity index is 2.35. The second-order valence-corrected chi connectivity index (χ2v) is 4.71. The number of carbonyl (C=O) groups excluding carboxylic acids is 1. The molecule has 0 saturated carbocycles. The van der Waals surface area contributed by atoms with Gasteiger partial charge in [-0.25, -0.2) is 9.18 Å². The van der Waals surface area contributed by atoms with Gasteiger partial charge in [0, 0.05) is 5.69 Å². The fourth-order valence-electron chi connectivity index (χ4n) is 2.09. The highest BCUT2D eigenvalue weighted by molar-refractivity contribution is 5.81. The Morgan fingerprint density at radius 2 is 2.05 bits per heavy atom. The summed E-state index contributed by atoms with van der Waals surface area (Å²) in [6.45, 7) is 1.76. The van der Waals surface area contributed by atoms with Gasteiger partial charge in [-0.1, -0.05) is 12.1 Å². The summed E-state index contributed by atoms with van der Waals surface area (Å²) in [6.07, 6.45) is 0. The van der Waals surface area contributed by atoms with E-state index in [1.807, 2.05) is 0 Å². The molecule has 2 N–H and O–H groups in total. The van der Waals surface area contributed by atoms with E-state index in [1.54, 1.807) is 25.1 Å². The third-order valence-corrected chi connectivity index (χ3v) is 2.99. The number of methoxy groups -OCH3 is 1. The maximum atomic E-state index is 13.4. The smallest absolute Gasteiger partial charge is 0.332 e. The van der Waals surface area contributed by atoms with Crippen LogP contribution in [0, 0.1) is 12.7 Å². The number of aryl methyl sites for hydroxylation is 1. The number of esters is 1. The zero-order valence-electron chi connectivity index (χ0n) is 11.8. The van der Waals surface area contributed by atoms with E-state index in [4.69, 9.17) is 4.74 Å². The highest BCUT2D eigenvalue weighted by Crippen LogP contribution is 2.25. The predicted octanol–water partition coefficient (Wildman–Crippen LogP) is 3.17. The molecule has 0 aliphatic rings. The first-order chi connectivity index (χ1) is 9.99. The second kappa shape index (κ2) is 6.26. The van der Waals surface area contributed by atoms with Crippen LogP contribution in [0.5, 0.6) is 5.75 Å². The largest absolute Gasteiger partial charge is 0.508 e. The highest BCUT2D eigenvalue weighted by Gasteiger charge is 2.22. The third kappa shape index (κ3) is 3.72. The zero-order chi connectivity index (χ0) is 15.4. The van der Waals surface area contributed by atoms with Crippen molar-refractivity contribution < 1.29 is 19.0 Å². The minimum atomic E-state index is -0.830. The van der Waals surface area contributed by atoms with Crippen molar-refractivity contribution in [3.63, 3.8) is 0 Å². The number of aromatic hydroxyl groups is 1. The summed E-state index contributed by atoms with van der Waals surface area (Å²) in [5.41, 5.74) is 1.73. The van der Waals surface area contributed by atoms with Crippen molar-refractivity contribution in [1.29, 1.82) is 0 Å². The summed E-state index contributed by atoms with van der Waals surface area (Å²) in [7, 11) is 1.27. The zero-order valence-corrected chi connectivity index (χ0v) is 11.8. The minimum Gasteiger partial charge on any atom is -0.508 e. The van der Waals surface area contributed by atoms with E-state index in [2.05, 4.69) is 5.32 Å². The number of halogens is 1. The van der Waals surface area contributed by atoms with E-state index in [1.165, 1.54) is 31.4 Å². The van der Waals surface area contributed by atoms with Crippen LogP contribution >= 0.6 is 0 Å². The van der Waals surface area contributed by atoms with E-state index in [0.29, 0.717) is 11.3 Å². The highest BCUT2D eigenvalue weighted by atomic mass is 19.1. The van der Waals surface area contributed by atoms with Gasteiger partial charge in [0.1, 0.15) is 11.6 Å². The molecule has 0 heterocycles. The van der Waals surface area contributed by atoms with E-state index < -0.39 is 17.8 Å². The van der Waals surface area contributed by atoms with Gasteiger partial charge in [0.15, 0.2) is 6.04 Å². The molecule has 2 rings (SSSR count). The Morgan fingerprint density at radius 1 is 1.29 bits per heavy atom. The Kier molecular flexibility index (Phi) is 4.42. The Hall–Kier alpha value is -2.56. The van der Waals surface area contributed by atoms with Crippen molar-refractivity contribution in [3.8, 4) is 5.75 Å². The molecule has 0 fully saturated rings. The number of hydrogen-bond acceptors (Lipinski definition) is 4. The number of nitrogens with one attached hydrogen (secondary N) is 1. The van der Waals surface area contributed by atoms with Crippen LogP contribution in [-0.4, -0.2) is 18.2 Å². The standard InChI is InChI=1S/C16H16FNO3/c1-10-6-12(17)9-13(7-10)18-15(16(20)21-2)11-4-3-5-14(19)8-11/h3-9,15,18-19H,1-2H3. The molecule has 0 aliphatic heterocycles. The van der Waals surface area contributed by atoms with Gasteiger partial charge in [0.2, 0.25) is 0 Å². The van der Waals surface area contributed by atoms with Gasteiger partial charge in [-0.15, -0.1) is 0 Å². The molecule has 21 heavy (non-hydrogen) atoms. The molecule has 2 aromatic carbocycles. The number of hydrogen-bond donors (Lipinski definition) is 2. The number of ether oxygens (including phenoxy) is 1. The lowest BCUT2D eigenvalue weighted by atomic mass is 10.1. The molecule has 0 saturated heterocycles. The number of carbonyl (C=O) groups is 1. The number of phenols is 1. The summed E-state index contributed by atoms with van der Waals surface area (Å²) < 4.78 is 18.2. The molecule has 0 bridgehead atoms. The van der Waals surface area contributed by atoms with Crippen molar-refractivity contribution >= 4 is 11.7 Å². The topological polar surface area (TPSA) is 58.6 Å². The lowest BCUT2D eigenvalue weighted by molar-refractivity contribution is -0.141. The quantitative estimate of drug-likeness (QED) is 0.849. The molecule has 110 valence electrons. The summed E-state index contributed by atoms with van der Waals surface area (Å²) in [4.78, 5) is 11.9. The average molecular weight is 289 g/mol. The first kappa shape index (κ1) is 14.8. The van der Waals surface area contributed by atoms with Gasteiger partial charge in [0.05, 0.1) is 7.11 Å². The van der Waals surface area contributed by atoms with Crippen molar-refractivity contribution in [2.75, 3.05) is 12.4 Å². The van der Waals surface area contributed by atoms with Gasteiger partial charge < -0.3 is 15.2 Å². The molecule has 0 aromatic heterocycles. The average Bonchev–Trinajstić information content (AvgIpc) is 2.43. The van der Waals surface area contributed by atoms with Crippen molar-refractivity contribution in [2.24, 2.45) is 0 Å². The molecular formula is C16H16FNO3. The van der Waals surface area contributed by atoms with Gasteiger partial charge in [-0.05, 0) is 48.4 Å². The summed E-state index contributed by atoms with van der Waals surface area (Å²) in [5.74, 6) is -0.877. The van der Waals surface area contributed by atoms with Crippen molar-refractivity contribution in [1.82, 2.24) is 0 Å². The van der Waals surface area contributed by atoms with E-state index in [0.717, 1.165) is 5.56 Å². The van der Waals surface area contributed by atoms with Crippen LogP contribution in [0.2, 0.25) is 0 Å². The maximum absolute atomic E-state index is 13.4. The number of rotatable bonds is 4. The lowest BCUT2D eigenvalue weighted by Crippen LogP contribution is -2.22. The summed E-state index contributed by atoms with van der Waals surface area (Å²) in [5, 5.41) is 12.5. The molecule has 0 amide bonds. The Labute approximate surface area is 122 Å².